The molecular formula is C11H13ClN4OS. The van der Waals surface area contributed by atoms with Crippen molar-refractivity contribution in [3.63, 3.8) is 0 Å². The summed E-state index contributed by atoms with van der Waals surface area (Å²) in [6, 6.07) is 2.31. The Kier molecular flexibility index (Phi) is 3.32. The Balaban J connectivity index is 1.77. The molecule has 3 heterocycles. The van der Waals surface area contributed by atoms with E-state index >= 15 is 0 Å². The smallest absolute Gasteiger partial charge is 0.138 e. The predicted octanol–water partition coefficient (Wildman–Crippen LogP) is 2.83. The second-order valence-electron chi connectivity index (χ2n) is 4.48. The first-order valence-electron chi connectivity index (χ1n) is 5.88. The van der Waals surface area contributed by atoms with Crippen LogP contribution in [-0.4, -0.2) is 26.2 Å². The van der Waals surface area contributed by atoms with E-state index in [1.165, 1.54) is 11.5 Å². The van der Waals surface area contributed by atoms with Gasteiger partial charge in [-0.25, -0.2) is 0 Å². The van der Waals surface area contributed by atoms with Crippen molar-refractivity contribution < 1.29 is 4.52 Å². The van der Waals surface area contributed by atoms with Crippen molar-refractivity contribution in [2.24, 2.45) is 0 Å². The normalized spacial score (nSPS) is 20.7. The van der Waals surface area contributed by atoms with Crippen molar-refractivity contribution >= 4 is 23.1 Å². The maximum Gasteiger partial charge on any atom is 0.138 e. The summed E-state index contributed by atoms with van der Waals surface area (Å²) >= 11 is 7.28. The quantitative estimate of drug-likeness (QED) is 0.867. The zero-order chi connectivity index (χ0) is 12.5. The first kappa shape index (κ1) is 12.1. The molecule has 1 aliphatic rings. The summed E-state index contributed by atoms with van der Waals surface area (Å²) in [5.74, 6) is 0.852. The molecule has 96 valence electrons. The Morgan fingerprint density at radius 2 is 2.50 bits per heavy atom. The SMILES string of the molecule is Cc1cc([C@H]2CCCN2Cc2nnsc2Cl)no1. The van der Waals surface area contributed by atoms with E-state index in [1.807, 2.05) is 13.0 Å². The third-order valence-electron chi connectivity index (χ3n) is 3.21. The first-order valence-corrected chi connectivity index (χ1v) is 7.03. The van der Waals surface area contributed by atoms with Crippen molar-refractivity contribution in [1.29, 1.82) is 0 Å². The van der Waals surface area contributed by atoms with Gasteiger partial charge in [-0.3, -0.25) is 4.90 Å². The minimum atomic E-state index is 0.306. The van der Waals surface area contributed by atoms with Gasteiger partial charge in [-0.2, -0.15) is 0 Å². The lowest BCUT2D eigenvalue weighted by Crippen LogP contribution is -2.23. The Hall–Kier alpha value is -0.980. The van der Waals surface area contributed by atoms with Gasteiger partial charge >= 0.3 is 0 Å². The number of hydrogen-bond acceptors (Lipinski definition) is 6. The molecule has 0 saturated carbocycles. The number of aromatic nitrogens is 3. The molecular weight excluding hydrogens is 272 g/mol. The monoisotopic (exact) mass is 284 g/mol. The van der Waals surface area contributed by atoms with Crippen LogP contribution in [-0.2, 0) is 6.54 Å². The van der Waals surface area contributed by atoms with E-state index in [9.17, 15) is 0 Å². The van der Waals surface area contributed by atoms with Crippen LogP contribution in [0.25, 0.3) is 0 Å². The van der Waals surface area contributed by atoms with E-state index in [4.69, 9.17) is 16.1 Å². The van der Waals surface area contributed by atoms with Crippen molar-refractivity contribution in [2.75, 3.05) is 6.54 Å². The van der Waals surface area contributed by atoms with Crippen LogP contribution in [0.3, 0.4) is 0 Å². The minimum Gasteiger partial charge on any atom is -0.361 e. The fraction of sp³-hybridized carbons (Fsp3) is 0.545. The zero-order valence-electron chi connectivity index (χ0n) is 9.97. The molecule has 0 amide bonds. The predicted molar refractivity (Wildman–Crippen MR) is 68.5 cm³/mol. The number of rotatable bonds is 3. The van der Waals surface area contributed by atoms with Gasteiger partial charge in [-0.1, -0.05) is 21.2 Å². The van der Waals surface area contributed by atoms with Gasteiger partial charge in [0.25, 0.3) is 0 Å². The Morgan fingerprint density at radius 3 is 3.17 bits per heavy atom. The topological polar surface area (TPSA) is 55.1 Å². The molecule has 5 nitrogen and oxygen atoms in total. The summed E-state index contributed by atoms with van der Waals surface area (Å²) in [7, 11) is 0. The molecule has 1 atom stereocenters. The van der Waals surface area contributed by atoms with Crippen LogP contribution in [0, 0.1) is 6.92 Å². The molecule has 0 unspecified atom stereocenters. The Morgan fingerprint density at radius 1 is 1.61 bits per heavy atom. The molecule has 3 rings (SSSR count). The summed E-state index contributed by atoms with van der Waals surface area (Å²) < 4.78 is 9.70. The molecule has 2 aromatic heterocycles. The fourth-order valence-electron chi connectivity index (χ4n) is 2.38. The van der Waals surface area contributed by atoms with Gasteiger partial charge in [-0.15, -0.1) is 5.10 Å². The van der Waals surface area contributed by atoms with E-state index < -0.39 is 0 Å². The lowest BCUT2D eigenvalue weighted by Gasteiger charge is -2.21. The molecule has 18 heavy (non-hydrogen) atoms. The van der Waals surface area contributed by atoms with Crippen LogP contribution in [0.2, 0.25) is 4.34 Å². The van der Waals surface area contributed by atoms with E-state index in [-0.39, 0.29) is 0 Å². The van der Waals surface area contributed by atoms with Crippen molar-refractivity contribution in [3.05, 3.63) is 27.6 Å². The van der Waals surface area contributed by atoms with Crippen LogP contribution in [0.5, 0.6) is 0 Å². The molecule has 1 saturated heterocycles. The summed E-state index contributed by atoms with van der Waals surface area (Å²) in [4.78, 5) is 2.33. The third kappa shape index (κ3) is 2.28. The van der Waals surface area contributed by atoms with E-state index in [0.717, 1.165) is 43.1 Å². The van der Waals surface area contributed by atoms with Crippen LogP contribution in [0.15, 0.2) is 10.6 Å². The van der Waals surface area contributed by atoms with Gasteiger partial charge in [0, 0.05) is 24.1 Å². The molecule has 0 aromatic carbocycles. The summed E-state index contributed by atoms with van der Waals surface area (Å²) in [5.41, 5.74) is 1.86. The molecule has 0 radical (unpaired) electrons. The highest BCUT2D eigenvalue weighted by atomic mass is 35.5. The number of halogens is 1. The van der Waals surface area contributed by atoms with Crippen molar-refractivity contribution in [2.45, 2.75) is 32.4 Å². The standard InChI is InChI=1S/C11H13ClN4OS/c1-7-5-8(14-17-7)10-3-2-4-16(10)6-9-11(12)18-15-13-9/h5,10H,2-4,6H2,1H3/t10-/m1/s1. The van der Waals surface area contributed by atoms with E-state index in [2.05, 4.69) is 19.6 Å². The van der Waals surface area contributed by atoms with Crippen LogP contribution < -0.4 is 0 Å². The molecule has 1 aliphatic heterocycles. The highest BCUT2D eigenvalue weighted by Crippen LogP contribution is 2.33. The van der Waals surface area contributed by atoms with Crippen LogP contribution in [0.1, 0.15) is 36.0 Å². The molecule has 0 N–H and O–H groups in total. The second kappa shape index (κ2) is 4.95. The van der Waals surface area contributed by atoms with Gasteiger partial charge in [0.15, 0.2) is 0 Å². The maximum atomic E-state index is 6.05. The zero-order valence-corrected chi connectivity index (χ0v) is 11.5. The lowest BCUT2D eigenvalue weighted by molar-refractivity contribution is 0.234. The molecule has 0 aliphatic carbocycles. The van der Waals surface area contributed by atoms with Gasteiger partial charge < -0.3 is 4.52 Å². The summed E-state index contributed by atoms with van der Waals surface area (Å²) in [6.07, 6.45) is 2.26. The average Bonchev–Trinajstić information content (AvgIpc) is 3.03. The first-order chi connectivity index (χ1) is 8.74. The maximum absolute atomic E-state index is 6.05. The minimum absolute atomic E-state index is 0.306. The summed E-state index contributed by atoms with van der Waals surface area (Å²) in [6.45, 7) is 3.67. The van der Waals surface area contributed by atoms with Crippen molar-refractivity contribution in [1.82, 2.24) is 19.6 Å². The highest BCUT2D eigenvalue weighted by molar-refractivity contribution is 7.10. The highest BCUT2D eigenvalue weighted by Gasteiger charge is 2.29. The van der Waals surface area contributed by atoms with E-state index in [0.29, 0.717) is 10.4 Å². The van der Waals surface area contributed by atoms with Crippen LogP contribution >= 0.6 is 23.1 Å². The van der Waals surface area contributed by atoms with Gasteiger partial charge in [0.05, 0.1) is 6.04 Å². The largest absolute Gasteiger partial charge is 0.361 e. The lowest BCUT2D eigenvalue weighted by atomic mass is 10.1. The number of likely N-dealkylation sites (tertiary alicyclic amines) is 1. The average molecular weight is 285 g/mol. The van der Waals surface area contributed by atoms with Gasteiger partial charge in [-0.05, 0) is 26.3 Å². The number of hydrogen-bond donors (Lipinski definition) is 0. The van der Waals surface area contributed by atoms with Gasteiger partial charge in [0.2, 0.25) is 0 Å². The summed E-state index contributed by atoms with van der Waals surface area (Å²) in [5, 5.41) is 8.18. The number of aryl methyl sites for hydroxylation is 1. The third-order valence-corrected chi connectivity index (χ3v) is 4.20. The molecule has 7 heteroatoms. The molecule has 0 bridgehead atoms. The Labute approximate surface area is 114 Å². The molecule has 2 aromatic rings. The van der Waals surface area contributed by atoms with E-state index in [1.54, 1.807) is 0 Å². The molecule has 1 fully saturated rings. The Bertz CT molecular complexity index is 541. The fourth-order valence-corrected chi connectivity index (χ4v) is 2.99. The number of nitrogens with zero attached hydrogens (tertiary/aromatic N) is 4. The molecule has 0 spiro atoms. The van der Waals surface area contributed by atoms with Crippen molar-refractivity contribution in [3.8, 4) is 0 Å². The van der Waals surface area contributed by atoms with Crippen LogP contribution in [0.4, 0.5) is 0 Å². The second-order valence-corrected chi connectivity index (χ2v) is 5.84. The van der Waals surface area contributed by atoms with Gasteiger partial charge in [0.1, 0.15) is 21.5 Å².